The highest BCUT2D eigenvalue weighted by molar-refractivity contribution is 5.89. The molecule has 5 heteroatoms. The Morgan fingerprint density at radius 2 is 2.09 bits per heavy atom. The molecule has 1 saturated heterocycles. The van der Waals surface area contributed by atoms with Gasteiger partial charge in [-0.05, 0) is 37.8 Å². The van der Waals surface area contributed by atoms with E-state index in [1.165, 1.54) is 0 Å². The Morgan fingerprint density at radius 3 is 2.73 bits per heavy atom. The van der Waals surface area contributed by atoms with E-state index in [4.69, 9.17) is 0 Å². The fourth-order valence-electron chi connectivity index (χ4n) is 3.31. The molecule has 3 aliphatic rings. The summed E-state index contributed by atoms with van der Waals surface area (Å²) in [5.74, 6) is 0.150. The Bertz CT molecular complexity index is 581. The van der Waals surface area contributed by atoms with E-state index in [0.717, 1.165) is 31.4 Å². The third kappa shape index (κ3) is 2.72. The molecule has 1 atom stereocenters. The van der Waals surface area contributed by atoms with Crippen LogP contribution in [0.25, 0.3) is 0 Å². The van der Waals surface area contributed by atoms with E-state index in [0.29, 0.717) is 31.6 Å². The smallest absolute Gasteiger partial charge is 0.228 e. The van der Waals surface area contributed by atoms with Gasteiger partial charge in [-0.25, -0.2) is 0 Å². The highest BCUT2D eigenvalue weighted by Gasteiger charge is 2.44. The molecule has 2 amide bonds. The van der Waals surface area contributed by atoms with Crippen molar-refractivity contribution < 1.29 is 9.59 Å². The maximum absolute atomic E-state index is 12.9. The summed E-state index contributed by atoms with van der Waals surface area (Å²) in [6.45, 7) is 1.19. The van der Waals surface area contributed by atoms with Gasteiger partial charge in [0, 0.05) is 31.2 Å². The van der Waals surface area contributed by atoms with Crippen molar-refractivity contribution in [3.8, 4) is 0 Å². The van der Waals surface area contributed by atoms with Crippen LogP contribution in [0.5, 0.6) is 0 Å². The van der Waals surface area contributed by atoms with E-state index in [1.807, 2.05) is 28.0 Å². The topological polar surface area (TPSA) is 53.5 Å². The van der Waals surface area contributed by atoms with Crippen molar-refractivity contribution in [1.29, 1.82) is 0 Å². The van der Waals surface area contributed by atoms with Crippen molar-refractivity contribution in [2.24, 2.45) is 5.92 Å². The van der Waals surface area contributed by atoms with E-state index in [9.17, 15) is 9.59 Å². The van der Waals surface area contributed by atoms with E-state index in [2.05, 4.69) is 4.98 Å². The van der Waals surface area contributed by atoms with E-state index >= 15 is 0 Å². The molecule has 0 unspecified atom stereocenters. The molecule has 22 heavy (non-hydrogen) atoms. The second-order valence-electron chi connectivity index (χ2n) is 6.70. The van der Waals surface area contributed by atoms with Crippen LogP contribution in [-0.4, -0.2) is 45.2 Å². The molecule has 1 aromatic heterocycles. The zero-order chi connectivity index (χ0) is 15.1. The number of hydrogen-bond donors (Lipinski definition) is 0. The van der Waals surface area contributed by atoms with Crippen LogP contribution in [0, 0.1) is 5.92 Å². The fraction of sp³-hybridized carbons (Fsp3) is 0.588. The first-order valence-electron chi connectivity index (χ1n) is 8.22. The van der Waals surface area contributed by atoms with Crippen molar-refractivity contribution in [3.05, 3.63) is 30.1 Å². The number of aromatic nitrogens is 1. The van der Waals surface area contributed by atoms with Gasteiger partial charge in [0.25, 0.3) is 0 Å². The lowest BCUT2D eigenvalue weighted by atomic mass is 10.1. The number of nitrogens with zero attached hydrogens (tertiary/aromatic N) is 3. The van der Waals surface area contributed by atoms with Gasteiger partial charge in [0.2, 0.25) is 11.8 Å². The normalized spacial score (nSPS) is 24.6. The van der Waals surface area contributed by atoms with Crippen molar-refractivity contribution in [2.45, 2.75) is 50.7 Å². The number of carbonyl (C=O) groups excluding carboxylic acids is 2. The molecule has 1 aliphatic heterocycles. The molecule has 2 heterocycles. The molecular formula is C17H21N3O2. The van der Waals surface area contributed by atoms with E-state index < -0.39 is 0 Å². The first kappa shape index (κ1) is 13.7. The van der Waals surface area contributed by atoms with Crippen molar-refractivity contribution >= 4 is 11.8 Å². The highest BCUT2D eigenvalue weighted by Crippen LogP contribution is 2.35. The van der Waals surface area contributed by atoms with Crippen molar-refractivity contribution in [2.75, 3.05) is 6.54 Å². The van der Waals surface area contributed by atoms with Gasteiger partial charge in [-0.1, -0.05) is 6.07 Å². The number of likely N-dealkylation sites (tertiary alicyclic amines) is 1. The molecule has 2 saturated carbocycles. The zero-order valence-corrected chi connectivity index (χ0v) is 12.6. The first-order chi connectivity index (χ1) is 10.7. The van der Waals surface area contributed by atoms with Crippen LogP contribution in [0.3, 0.4) is 0 Å². The van der Waals surface area contributed by atoms with Gasteiger partial charge >= 0.3 is 0 Å². The van der Waals surface area contributed by atoms with Gasteiger partial charge in [0.15, 0.2) is 0 Å². The number of hydrogen-bond acceptors (Lipinski definition) is 3. The SMILES string of the molecule is O=C1C[C@@H](C(=O)N(Cc2ccccn2)C2CC2)CN1C1CC1. The minimum Gasteiger partial charge on any atom is -0.339 e. The van der Waals surface area contributed by atoms with E-state index in [1.54, 1.807) is 6.20 Å². The minimum atomic E-state index is -0.155. The zero-order valence-electron chi connectivity index (χ0n) is 12.6. The second-order valence-corrected chi connectivity index (χ2v) is 6.70. The summed E-state index contributed by atoms with van der Waals surface area (Å²) in [6, 6.07) is 6.55. The van der Waals surface area contributed by atoms with Crippen LogP contribution in [0.4, 0.5) is 0 Å². The average molecular weight is 299 g/mol. The summed E-state index contributed by atoms with van der Waals surface area (Å²) in [7, 11) is 0. The molecule has 0 N–H and O–H groups in total. The fourth-order valence-corrected chi connectivity index (χ4v) is 3.31. The molecule has 0 aromatic carbocycles. The first-order valence-corrected chi connectivity index (χ1v) is 8.22. The molecule has 0 bridgehead atoms. The summed E-state index contributed by atoms with van der Waals surface area (Å²) in [5, 5.41) is 0. The number of carbonyl (C=O) groups is 2. The van der Waals surface area contributed by atoms with Gasteiger partial charge in [0.1, 0.15) is 0 Å². The molecule has 5 nitrogen and oxygen atoms in total. The Hall–Kier alpha value is -1.91. The van der Waals surface area contributed by atoms with Gasteiger partial charge in [-0.2, -0.15) is 0 Å². The lowest BCUT2D eigenvalue weighted by Crippen LogP contribution is -2.39. The summed E-state index contributed by atoms with van der Waals surface area (Å²) >= 11 is 0. The maximum atomic E-state index is 12.9. The van der Waals surface area contributed by atoms with Gasteiger partial charge < -0.3 is 9.80 Å². The number of amides is 2. The lowest BCUT2D eigenvalue weighted by Gasteiger charge is -2.25. The summed E-state index contributed by atoms with van der Waals surface area (Å²) < 4.78 is 0. The highest BCUT2D eigenvalue weighted by atomic mass is 16.2. The molecule has 116 valence electrons. The molecule has 0 radical (unpaired) electrons. The Labute approximate surface area is 130 Å². The third-order valence-electron chi connectivity index (χ3n) is 4.82. The molecule has 3 fully saturated rings. The van der Waals surface area contributed by atoms with Crippen LogP contribution in [-0.2, 0) is 16.1 Å². The van der Waals surface area contributed by atoms with Crippen LogP contribution < -0.4 is 0 Å². The maximum Gasteiger partial charge on any atom is 0.228 e. The van der Waals surface area contributed by atoms with Gasteiger partial charge in [0.05, 0.1) is 18.2 Å². The Balaban J connectivity index is 1.46. The van der Waals surface area contributed by atoms with E-state index in [-0.39, 0.29) is 17.7 Å². The summed E-state index contributed by atoms with van der Waals surface area (Å²) in [6.07, 6.45) is 6.51. The second kappa shape index (κ2) is 5.38. The Kier molecular flexibility index (Phi) is 3.36. The predicted octanol–water partition coefficient (Wildman–Crippen LogP) is 1.58. The van der Waals surface area contributed by atoms with Crippen LogP contribution in [0.1, 0.15) is 37.8 Å². The lowest BCUT2D eigenvalue weighted by molar-refractivity contribution is -0.137. The van der Waals surface area contributed by atoms with Crippen LogP contribution in [0.2, 0.25) is 0 Å². The summed E-state index contributed by atoms with van der Waals surface area (Å²) in [4.78, 5) is 33.2. The van der Waals surface area contributed by atoms with Crippen molar-refractivity contribution in [3.63, 3.8) is 0 Å². The standard InChI is InChI=1S/C17H21N3O2/c21-16-9-12(10-19(16)14-4-5-14)17(22)20(15-6-7-15)11-13-3-1-2-8-18-13/h1-3,8,12,14-15H,4-7,9-11H2/t12-/m1/s1. The number of pyridine rings is 1. The third-order valence-corrected chi connectivity index (χ3v) is 4.82. The predicted molar refractivity (Wildman–Crippen MR) is 80.7 cm³/mol. The van der Waals surface area contributed by atoms with Gasteiger partial charge in [-0.3, -0.25) is 14.6 Å². The minimum absolute atomic E-state index is 0.143. The largest absolute Gasteiger partial charge is 0.339 e. The molecular weight excluding hydrogens is 278 g/mol. The molecule has 0 spiro atoms. The van der Waals surface area contributed by atoms with Crippen LogP contribution in [0.15, 0.2) is 24.4 Å². The molecule has 2 aliphatic carbocycles. The molecule has 1 aromatic rings. The van der Waals surface area contributed by atoms with Crippen molar-refractivity contribution in [1.82, 2.24) is 14.8 Å². The average Bonchev–Trinajstić information content (AvgIpc) is 3.44. The molecule has 4 rings (SSSR count). The quantitative estimate of drug-likeness (QED) is 0.829. The van der Waals surface area contributed by atoms with Crippen LogP contribution >= 0.6 is 0 Å². The Morgan fingerprint density at radius 1 is 1.27 bits per heavy atom. The number of rotatable bonds is 5. The monoisotopic (exact) mass is 299 g/mol. The van der Waals surface area contributed by atoms with Gasteiger partial charge in [-0.15, -0.1) is 0 Å². The summed E-state index contributed by atoms with van der Waals surface area (Å²) in [5.41, 5.74) is 0.922.